The van der Waals surface area contributed by atoms with Gasteiger partial charge in [-0.1, -0.05) is 0 Å². The number of aromatic amines is 1. The Hall–Kier alpha value is -2.57. The van der Waals surface area contributed by atoms with Crippen molar-refractivity contribution in [3.63, 3.8) is 0 Å². The molecule has 2 aromatic heterocycles. The summed E-state index contributed by atoms with van der Waals surface area (Å²) >= 11 is 0. The third-order valence-corrected chi connectivity index (χ3v) is 2.89. The molecule has 0 fully saturated rings. The first-order valence-corrected chi connectivity index (χ1v) is 6.81. The van der Waals surface area contributed by atoms with Gasteiger partial charge in [0.05, 0.1) is 11.8 Å². The SMILES string of the molecule is O=C(CCNC(=O)c1ccoc1)NCCCc1ncc[nH]1. The molecule has 21 heavy (non-hydrogen) atoms. The van der Waals surface area contributed by atoms with Gasteiger partial charge in [0.15, 0.2) is 0 Å². The number of imidazole rings is 1. The largest absolute Gasteiger partial charge is 0.472 e. The molecule has 0 aliphatic rings. The van der Waals surface area contributed by atoms with Crippen LogP contribution in [0.25, 0.3) is 0 Å². The summed E-state index contributed by atoms with van der Waals surface area (Å²) in [6.07, 6.45) is 8.15. The van der Waals surface area contributed by atoms with E-state index in [0.29, 0.717) is 18.7 Å². The van der Waals surface area contributed by atoms with E-state index in [0.717, 1.165) is 18.7 Å². The summed E-state index contributed by atoms with van der Waals surface area (Å²) in [5, 5.41) is 5.46. The summed E-state index contributed by atoms with van der Waals surface area (Å²) in [6.45, 7) is 0.892. The van der Waals surface area contributed by atoms with Crippen LogP contribution in [0, 0.1) is 0 Å². The van der Waals surface area contributed by atoms with E-state index in [1.54, 1.807) is 18.5 Å². The summed E-state index contributed by atoms with van der Waals surface area (Å²) in [6, 6.07) is 1.57. The summed E-state index contributed by atoms with van der Waals surface area (Å²) in [5.74, 6) is 0.591. The molecule has 2 amide bonds. The number of H-pyrrole nitrogens is 1. The molecule has 7 heteroatoms. The second kappa shape index (κ2) is 7.88. The molecule has 2 heterocycles. The number of amides is 2. The fourth-order valence-corrected chi connectivity index (χ4v) is 1.79. The van der Waals surface area contributed by atoms with E-state index in [1.165, 1.54) is 12.5 Å². The molecule has 0 atom stereocenters. The fraction of sp³-hybridized carbons (Fsp3) is 0.357. The topological polar surface area (TPSA) is 100 Å². The van der Waals surface area contributed by atoms with E-state index in [9.17, 15) is 9.59 Å². The quantitative estimate of drug-likeness (QED) is 0.628. The van der Waals surface area contributed by atoms with E-state index in [1.807, 2.05) is 0 Å². The van der Waals surface area contributed by atoms with Crippen molar-refractivity contribution in [2.24, 2.45) is 0 Å². The monoisotopic (exact) mass is 290 g/mol. The van der Waals surface area contributed by atoms with Crippen LogP contribution < -0.4 is 10.6 Å². The zero-order valence-electron chi connectivity index (χ0n) is 11.6. The molecule has 0 spiro atoms. The summed E-state index contributed by atoms with van der Waals surface area (Å²) < 4.78 is 4.81. The number of aromatic nitrogens is 2. The lowest BCUT2D eigenvalue weighted by Crippen LogP contribution is -2.31. The highest BCUT2D eigenvalue weighted by atomic mass is 16.3. The molecule has 0 unspecified atom stereocenters. The molecule has 0 bridgehead atoms. The van der Waals surface area contributed by atoms with Crippen LogP contribution in [0.5, 0.6) is 0 Å². The third kappa shape index (κ3) is 5.13. The number of furan rings is 1. The maximum absolute atomic E-state index is 11.6. The first-order valence-electron chi connectivity index (χ1n) is 6.81. The molecule has 2 rings (SSSR count). The van der Waals surface area contributed by atoms with Crippen molar-refractivity contribution >= 4 is 11.8 Å². The predicted molar refractivity (Wildman–Crippen MR) is 75.6 cm³/mol. The van der Waals surface area contributed by atoms with Crippen molar-refractivity contribution in [1.82, 2.24) is 20.6 Å². The van der Waals surface area contributed by atoms with Gasteiger partial charge in [-0.25, -0.2) is 4.98 Å². The number of nitrogens with one attached hydrogen (secondary N) is 3. The Morgan fingerprint density at radius 2 is 2.19 bits per heavy atom. The van der Waals surface area contributed by atoms with E-state index in [4.69, 9.17) is 4.42 Å². The molecule has 0 radical (unpaired) electrons. The van der Waals surface area contributed by atoms with Gasteiger partial charge < -0.3 is 20.0 Å². The summed E-state index contributed by atoms with van der Waals surface area (Å²) in [7, 11) is 0. The average molecular weight is 290 g/mol. The van der Waals surface area contributed by atoms with Gasteiger partial charge in [0.25, 0.3) is 5.91 Å². The second-order valence-electron chi connectivity index (χ2n) is 4.51. The van der Waals surface area contributed by atoms with Crippen LogP contribution in [0.1, 0.15) is 29.0 Å². The smallest absolute Gasteiger partial charge is 0.254 e. The van der Waals surface area contributed by atoms with Gasteiger partial charge in [-0.3, -0.25) is 9.59 Å². The second-order valence-corrected chi connectivity index (χ2v) is 4.51. The first-order chi connectivity index (χ1) is 10.3. The third-order valence-electron chi connectivity index (χ3n) is 2.89. The first kappa shape index (κ1) is 14.8. The van der Waals surface area contributed by atoms with Crippen LogP contribution in [0.2, 0.25) is 0 Å². The van der Waals surface area contributed by atoms with Gasteiger partial charge in [0, 0.05) is 38.3 Å². The highest BCUT2D eigenvalue weighted by molar-refractivity contribution is 5.93. The maximum atomic E-state index is 11.6. The Morgan fingerprint density at radius 1 is 1.29 bits per heavy atom. The standard InChI is InChI=1S/C14H18N4O3/c19-13(17-5-1-2-12-15-7-8-16-12)3-6-18-14(20)11-4-9-21-10-11/h4,7-10H,1-3,5-6H2,(H,15,16)(H,17,19)(H,18,20). The van der Waals surface area contributed by atoms with E-state index >= 15 is 0 Å². The fourth-order valence-electron chi connectivity index (χ4n) is 1.79. The lowest BCUT2D eigenvalue weighted by molar-refractivity contribution is -0.120. The van der Waals surface area contributed by atoms with Crippen molar-refractivity contribution in [2.45, 2.75) is 19.3 Å². The number of rotatable bonds is 8. The van der Waals surface area contributed by atoms with Crippen LogP contribution in [0.3, 0.4) is 0 Å². The zero-order chi connectivity index (χ0) is 14.9. The molecule has 7 nitrogen and oxygen atoms in total. The number of carbonyl (C=O) groups excluding carboxylic acids is 2. The number of hydrogen-bond donors (Lipinski definition) is 3. The van der Waals surface area contributed by atoms with Gasteiger partial charge in [-0.2, -0.15) is 0 Å². The lowest BCUT2D eigenvalue weighted by atomic mass is 10.3. The van der Waals surface area contributed by atoms with Crippen LogP contribution in [0.15, 0.2) is 35.4 Å². The number of carbonyl (C=O) groups is 2. The lowest BCUT2D eigenvalue weighted by Gasteiger charge is -2.05. The summed E-state index contributed by atoms with van der Waals surface area (Å²) in [5.41, 5.74) is 0.453. The van der Waals surface area contributed by atoms with Crippen LogP contribution in [-0.4, -0.2) is 34.9 Å². The van der Waals surface area contributed by atoms with Crippen molar-refractivity contribution in [3.8, 4) is 0 Å². The Morgan fingerprint density at radius 3 is 2.90 bits per heavy atom. The number of nitrogens with zero attached hydrogens (tertiary/aromatic N) is 1. The molecule has 0 saturated heterocycles. The minimum atomic E-state index is -0.241. The van der Waals surface area contributed by atoms with Crippen LogP contribution in [0.4, 0.5) is 0 Å². The van der Waals surface area contributed by atoms with E-state index in [-0.39, 0.29) is 18.2 Å². The zero-order valence-corrected chi connectivity index (χ0v) is 11.6. The number of aryl methyl sites for hydroxylation is 1. The van der Waals surface area contributed by atoms with Gasteiger partial charge >= 0.3 is 0 Å². The van der Waals surface area contributed by atoms with Gasteiger partial charge in [-0.15, -0.1) is 0 Å². The molecule has 0 aliphatic carbocycles. The molecule has 3 N–H and O–H groups in total. The van der Waals surface area contributed by atoms with Crippen LogP contribution >= 0.6 is 0 Å². The van der Waals surface area contributed by atoms with Crippen molar-refractivity contribution < 1.29 is 14.0 Å². The van der Waals surface area contributed by atoms with E-state index < -0.39 is 0 Å². The molecule has 0 aromatic carbocycles. The Balaban J connectivity index is 1.52. The minimum Gasteiger partial charge on any atom is -0.472 e. The molecule has 0 aliphatic heterocycles. The minimum absolute atomic E-state index is 0.0815. The maximum Gasteiger partial charge on any atom is 0.254 e. The Labute approximate surface area is 122 Å². The molecule has 2 aromatic rings. The average Bonchev–Trinajstić information content (AvgIpc) is 3.16. The van der Waals surface area contributed by atoms with Crippen molar-refractivity contribution in [3.05, 3.63) is 42.4 Å². The number of hydrogen-bond acceptors (Lipinski definition) is 4. The van der Waals surface area contributed by atoms with E-state index in [2.05, 4.69) is 20.6 Å². The molecule has 0 saturated carbocycles. The van der Waals surface area contributed by atoms with Gasteiger partial charge in [0.2, 0.25) is 5.91 Å². The Kier molecular flexibility index (Phi) is 5.57. The Bertz CT molecular complexity index is 549. The predicted octanol–water partition coefficient (Wildman–Crippen LogP) is 0.872. The highest BCUT2D eigenvalue weighted by Crippen LogP contribution is 1.99. The molecule has 112 valence electrons. The van der Waals surface area contributed by atoms with Gasteiger partial charge in [-0.05, 0) is 12.5 Å². The molecular weight excluding hydrogens is 272 g/mol. The van der Waals surface area contributed by atoms with Crippen molar-refractivity contribution in [2.75, 3.05) is 13.1 Å². The highest BCUT2D eigenvalue weighted by Gasteiger charge is 2.07. The summed E-state index contributed by atoms with van der Waals surface area (Å²) in [4.78, 5) is 30.2. The molecular formula is C14H18N4O3. The van der Waals surface area contributed by atoms with Crippen molar-refractivity contribution in [1.29, 1.82) is 0 Å². The normalized spacial score (nSPS) is 10.3. The van der Waals surface area contributed by atoms with Gasteiger partial charge in [0.1, 0.15) is 12.1 Å². The van der Waals surface area contributed by atoms with Crippen LogP contribution in [-0.2, 0) is 11.2 Å².